The van der Waals surface area contributed by atoms with Gasteiger partial charge in [0.2, 0.25) is 5.91 Å². The smallest absolute Gasteiger partial charge is 0.328 e. The highest BCUT2D eigenvalue weighted by molar-refractivity contribution is 5.87. The van der Waals surface area contributed by atoms with Crippen LogP contribution in [0.2, 0.25) is 0 Å². The van der Waals surface area contributed by atoms with Crippen molar-refractivity contribution in [2.24, 2.45) is 0 Å². The van der Waals surface area contributed by atoms with Gasteiger partial charge in [0.1, 0.15) is 11.8 Å². The number of carbonyl (C=O) groups is 2. The summed E-state index contributed by atoms with van der Waals surface area (Å²) >= 11 is 0. The van der Waals surface area contributed by atoms with Gasteiger partial charge in [-0.3, -0.25) is 4.79 Å². The van der Waals surface area contributed by atoms with Gasteiger partial charge in [0.05, 0.1) is 12.8 Å². The second-order valence-electron chi connectivity index (χ2n) is 6.51. The van der Waals surface area contributed by atoms with Gasteiger partial charge in [-0.1, -0.05) is 23.4 Å². The highest BCUT2D eigenvalue weighted by atomic mass is 16.5. The molecule has 0 bridgehead atoms. The zero-order chi connectivity index (χ0) is 19.4. The normalized spacial score (nSPS) is 12.1. The molecule has 0 aliphatic rings. The van der Waals surface area contributed by atoms with Crippen molar-refractivity contribution in [3.8, 4) is 0 Å². The lowest BCUT2D eigenvalue weighted by Crippen LogP contribution is -2.43. The van der Waals surface area contributed by atoms with Crippen LogP contribution in [0.3, 0.4) is 0 Å². The third-order valence-corrected chi connectivity index (χ3v) is 4.70. The molecule has 142 valence electrons. The van der Waals surface area contributed by atoms with E-state index in [0.717, 1.165) is 27.7 Å². The topological polar surface area (TPSA) is 97.2 Å². The van der Waals surface area contributed by atoms with Crippen molar-refractivity contribution in [3.63, 3.8) is 0 Å². The fourth-order valence-corrected chi connectivity index (χ4v) is 3.22. The number of aromatic nitrogens is 2. The molecule has 1 atom stereocenters. The molecule has 2 aromatic heterocycles. The number of hydrogen-bond acceptors (Lipinski definition) is 5. The molecule has 7 nitrogen and oxygen atoms in total. The molecule has 0 saturated carbocycles. The van der Waals surface area contributed by atoms with Gasteiger partial charge in [0, 0.05) is 35.5 Å². The van der Waals surface area contributed by atoms with Crippen LogP contribution in [0.4, 0.5) is 0 Å². The number of aryl methyl sites for hydroxylation is 2. The number of rotatable bonds is 7. The molecule has 0 saturated heterocycles. The maximum Gasteiger partial charge on any atom is 0.328 e. The van der Waals surface area contributed by atoms with Gasteiger partial charge in [0.15, 0.2) is 0 Å². The number of fused-ring (bicyclic) bond motifs is 1. The molecule has 0 aliphatic carbocycles. The first-order valence-electron chi connectivity index (χ1n) is 8.83. The molecule has 3 rings (SSSR count). The average molecular weight is 369 g/mol. The van der Waals surface area contributed by atoms with E-state index in [4.69, 9.17) is 9.26 Å². The summed E-state index contributed by atoms with van der Waals surface area (Å²) in [5.41, 5.74) is 3.65. The standard InChI is InChI=1S/C20H23N3O4/c1-12-15(13(2)27-23-12)8-9-19(24)22-18(20(25)26-3)10-14-11-21-17-7-5-4-6-16(14)17/h4-7,11,18,21H,8-10H2,1-3H3,(H,22,24). The largest absolute Gasteiger partial charge is 0.467 e. The van der Waals surface area contributed by atoms with Crippen LogP contribution in [0.1, 0.15) is 29.0 Å². The van der Waals surface area contributed by atoms with E-state index in [1.807, 2.05) is 44.3 Å². The quantitative estimate of drug-likeness (QED) is 0.624. The van der Waals surface area contributed by atoms with Crippen LogP contribution in [-0.2, 0) is 27.2 Å². The van der Waals surface area contributed by atoms with E-state index in [-0.39, 0.29) is 12.3 Å². The van der Waals surface area contributed by atoms with Gasteiger partial charge in [-0.2, -0.15) is 0 Å². The molecule has 1 unspecified atom stereocenters. The summed E-state index contributed by atoms with van der Waals surface area (Å²) in [4.78, 5) is 27.8. The number of hydrogen-bond donors (Lipinski definition) is 2. The number of ether oxygens (including phenoxy) is 1. The maximum absolute atomic E-state index is 12.4. The number of benzene rings is 1. The number of methoxy groups -OCH3 is 1. The third kappa shape index (κ3) is 4.19. The average Bonchev–Trinajstić information content (AvgIpc) is 3.22. The minimum Gasteiger partial charge on any atom is -0.467 e. The molecule has 0 spiro atoms. The van der Waals surface area contributed by atoms with Gasteiger partial charge in [-0.15, -0.1) is 0 Å². The molecule has 3 aromatic rings. The fraction of sp³-hybridized carbons (Fsp3) is 0.350. The van der Waals surface area contributed by atoms with Crippen molar-refractivity contribution in [1.82, 2.24) is 15.5 Å². The minimum absolute atomic E-state index is 0.217. The molecule has 7 heteroatoms. The number of amides is 1. The number of nitrogens with one attached hydrogen (secondary N) is 2. The van der Waals surface area contributed by atoms with Crippen molar-refractivity contribution in [2.75, 3.05) is 7.11 Å². The van der Waals surface area contributed by atoms with Gasteiger partial charge < -0.3 is 19.6 Å². The van der Waals surface area contributed by atoms with Crippen LogP contribution in [0.5, 0.6) is 0 Å². The Morgan fingerprint density at radius 3 is 2.78 bits per heavy atom. The lowest BCUT2D eigenvalue weighted by atomic mass is 10.0. The summed E-state index contributed by atoms with van der Waals surface area (Å²) in [6.07, 6.45) is 2.96. The first-order valence-corrected chi connectivity index (χ1v) is 8.83. The summed E-state index contributed by atoms with van der Waals surface area (Å²) in [7, 11) is 1.32. The van der Waals surface area contributed by atoms with E-state index < -0.39 is 12.0 Å². The Balaban J connectivity index is 1.68. The zero-order valence-electron chi connectivity index (χ0n) is 15.7. The second-order valence-corrected chi connectivity index (χ2v) is 6.51. The van der Waals surface area contributed by atoms with Crippen LogP contribution in [-0.4, -0.2) is 35.2 Å². The first kappa shape index (κ1) is 18.7. The highest BCUT2D eigenvalue weighted by Crippen LogP contribution is 2.19. The summed E-state index contributed by atoms with van der Waals surface area (Å²) in [6, 6.07) is 7.08. The van der Waals surface area contributed by atoms with E-state index in [2.05, 4.69) is 15.5 Å². The van der Waals surface area contributed by atoms with E-state index in [1.54, 1.807) is 0 Å². The Bertz CT molecular complexity index is 938. The number of carbonyl (C=O) groups excluding carboxylic acids is 2. The Morgan fingerprint density at radius 2 is 2.07 bits per heavy atom. The summed E-state index contributed by atoms with van der Waals surface area (Å²) in [5.74, 6) is 0.0276. The van der Waals surface area contributed by atoms with Gasteiger partial charge in [0.25, 0.3) is 0 Å². The van der Waals surface area contributed by atoms with Crippen molar-refractivity contribution in [2.45, 2.75) is 39.2 Å². The second kappa shape index (κ2) is 8.07. The third-order valence-electron chi connectivity index (χ3n) is 4.70. The van der Waals surface area contributed by atoms with Crippen LogP contribution >= 0.6 is 0 Å². The molecule has 0 radical (unpaired) electrons. The number of esters is 1. The highest BCUT2D eigenvalue weighted by Gasteiger charge is 2.23. The molecule has 1 aromatic carbocycles. The molecular weight excluding hydrogens is 346 g/mol. The van der Waals surface area contributed by atoms with E-state index in [9.17, 15) is 9.59 Å². The van der Waals surface area contributed by atoms with E-state index >= 15 is 0 Å². The van der Waals surface area contributed by atoms with Gasteiger partial charge in [-0.05, 0) is 31.9 Å². The van der Waals surface area contributed by atoms with E-state index in [1.165, 1.54) is 7.11 Å². The summed E-state index contributed by atoms with van der Waals surface area (Å²) < 4.78 is 9.99. The predicted molar refractivity (Wildman–Crippen MR) is 100 cm³/mol. The van der Waals surface area contributed by atoms with Crippen LogP contribution in [0.25, 0.3) is 10.9 Å². The Morgan fingerprint density at radius 1 is 1.30 bits per heavy atom. The predicted octanol–water partition coefficient (Wildman–Crippen LogP) is 2.61. The van der Waals surface area contributed by atoms with Crippen molar-refractivity contribution < 1.29 is 18.8 Å². The molecule has 1 amide bonds. The fourth-order valence-electron chi connectivity index (χ4n) is 3.22. The lowest BCUT2D eigenvalue weighted by Gasteiger charge is -2.16. The van der Waals surface area contributed by atoms with E-state index in [0.29, 0.717) is 18.6 Å². The van der Waals surface area contributed by atoms with Crippen molar-refractivity contribution >= 4 is 22.8 Å². The van der Waals surface area contributed by atoms with Crippen LogP contribution in [0.15, 0.2) is 35.0 Å². The first-order chi connectivity index (χ1) is 13.0. The van der Waals surface area contributed by atoms with Crippen LogP contribution in [0, 0.1) is 13.8 Å². The summed E-state index contributed by atoms with van der Waals surface area (Å²) in [5, 5.41) is 7.71. The number of para-hydroxylation sites is 1. The van der Waals surface area contributed by atoms with Crippen molar-refractivity contribution in [1.29, 1.82) is 0 Å². The lowest BCUT2D eigenvalue weighted by molar-refractivity contribution is -0.145. The molecule has 0 fully saturated rings. The number of nitrogens with zero attached hydrogens (tertiary/aromatic N) is 1. The Hall–Kier alpha value is -3.09. The van der Waals surface area contributed by atoms with Gasteiger partial charge in [-0.25, -0.2) is 4.79 Å². The van der Waals surface area contributed by atoms with Crippen LogP contribution < -0.4 is 5.32 Å². The Labute approximate surface area is 157 Å². The summed E-state index contributed by atoms with van der Waals surface area (Å²) in [6.45, 7) is 3.67. The van der Waals surface area contributed by atoms with Crippen molar-refractivity contribution in [3.05, 3.63) is 53.0 Å². The zero-order valence-corrected chi connectivity index (χ0v) is 15.7. The Kier molecular flexibility index (Phi) is 5.59. The number of H-pyrrole nitrogens is 1. The number of aromatic amines is 1. The molecule has 2 heterocycles. The van der Waals surface area contributed by atoms with Gasteiger partial charge >= 0.3 is 5.97 Å². The maximum atomic E-state index is 12.4. The molecule has 2 N–H and O–H groups in total. The minimum atomic E-state index is -0.744. The molecule has 0 aliphatic heterocycles. The monoisotopic (exact) mass is 369 g/mol. The SMILES string of the molecule is COC(=O)C(Cc1c[nH]c2ccccc12)NC(=O)CCc1c(C)noc1C. The molecule has 27 heavy (non-hydrogen) atoms. The molecular formula is C20H23N3O4.